The molecule has 0 saturated carbocycles. The molecule has 0 aliphatic rings. The SMILES string of the molecule is C=CCOC(=O)C(F)C(=O)C(F)F. The zero-order valence-corrected chi connectivity index (χ0v) is 6.50. The lowest BCUT2D eigenvalue weighted by Gasteiger charge is -2.05. The van der Waals surface area contributed by atoms with Crippen molar-refractivity contribution in [1.82, 2.24) is 0 Å². The lowest BCUT2D eigenvalue weighted by molar-refractivity contribution is -0.155. The number of carbonyl (C=O) groups is 2. The van der Waals surface area contributed by atoms with Gasteiger partial charge < -0.3 is 4.74 Å². The van der Waals surface area contributed by atoms with E-state index in [1.54, 1.807) is 0 Å². The fourth-order valence-electron chi connectivity index (χ4n) is 0.441. The van der Waals surface area contributed by atoms with Crippen LogP contribution in [-0.4, -0.2) is 31.0 Å². The van der Waals surface area contributed by atoms with Crippen LogP contribution in [0.2, 0.25) is 0 Å². The molecule has 0 bridgehead atoms. The third-order valence-corrected chi connectivity index (χ3v) is 1.02. The van der Waals surface area contributed by atoms with Gasteiger partial charge in [0.25, 0.3) is 12.6 Å². The molecule has 0 heterocycles. The minimum absolute atomic E-state index is 0.324. The summed E-state index contributed by atoms with van der Waals surface area (Å²) in [6, 6.07) is 0. The molecule has 1 unspecified atom stereocenters. The summed E-state index contributed by atoms with van der Waals surface area (Å²) in [5.74, 6) is -3.71. The number of alkyl halides is 3. The number of halogens is 3. The number of rotatable bonds is 5. The molecule has 0 amide bonds. The van der Waals surface area contributed by atoms with Crippen molar-refractivity contribution in [3.63, 3.8) is 0 Å². The summed E-state index contributed by atoms with van der Waals surface area (Å²) in [6.07, 6.45) is -5.30. The molecule has 0 N–H and O–H groups in total. The molecule has 6 heteroatoms. The first-order valence-electron chi connectivity index (χ1n) is 3.24. The van der Waals surface area contributed by atoms with Gasteiger partial charge in [-0.05, 0) is 0 Å². The lowest BCUT2D eigenvalue weighted by Crippen LogP contribution is -2.32. The Bertz CT molecular complexity index is 215. The molecule has 74 valence electrons. The van der Waals surface area contributed by atoms with E-state index in [-0.39, 0.29) is 6.61 Å². The first kappa shape index (κ1) is 11.7. The first-order valence-corrected chi connectivity index (χ1v) is 3.24. The van der Waals surface area contributed by atoms with Gasteiger partial charge in [0.2, 0.25) is 5.78 Å². The number of ketones is 1. The normalized spacial score (nSPS) is 12.3. The zero-order chi connectivity index (χ0) is 10.4. The number of carbonyl (C=O) groups excluding carboxylic acids is 2. The molecule has 0 saturated heterocycles. The number of ether oxygens (including phenoxy) is 1. The smallest absolute Gasteiger partial charge is 0.349 e. The van der Waals surface area contributed by atoms with E-state index in [4.69, 9.17) is 0 Å². The van der Waals surface area contributed by atoms with E-state index in [1.165, 1.54) is 0 Å². The Morgan fingerprint density at radius 3 is 2.31 bits per heavy atom. The van der Waals surface area contributed by atoms with Gasteiger partial charge in [-0.3, -0.25) is 4.79 Å². The maximum Gasteiger partial charge on any atom is 0.349 e. The van der Waals surface area contributed by atoms with E-state index in [0.717, 1.165) is 6.08 Å². The third kappa shape index (κ3) is 3.73. The Labute approximate surface area is 72.2 Å². The highest BCUT2D eigenvalue weighted by Crippen LogP contribution is 2.04. The lowest BCUT2D eigenvalue weighted by atomic mass is 10.2. The average Bonchev–Trinajstić information content (AvgIpc) is 2.11. The molecular formula is C7H7F3O3. The van der Waals surface area contributed by atoms with Crippen LogP contribution in [0.25, 0.3) is 0 Å². The number of Topliss-reactive ketones (excluding diaryl/α,β-unsaturated/α-hetero) is 1. The van der Waals surface area contributed by atoms with Crippen molar-refractivity contribution in [2.45, 2.75) is 12.6 Å². The van der Waals surface area contributed by atoms with Crippen LogP contribution in [0, 0.1) is 0 Å². The van der Waals surface area contributed by atoms with Gasteiger partial charge in [0.05, 0.1) is 0 Å². The Balaban J connectivity index is 4.09. The van der Waals surface area contributed by atoms with Gasteiger partial charge in [0, 0.05) is 0 Å². The number of hydrogen-bond donors (Lipinski definition) is 0. The van der Waals surface area contributed by atoms with Crippen molar-refractivity contribution < 1.29 is 27.5 Å². The topological polar surface area (TPSA) is 43.4 Å². The largest absolute Gasteiger partial charge is 0.459 e. The van der Waals surface area contributed by atoms with Gasteiger partial charge in [-0.25, -0.2) is 18.0 Å². The van der Waals surface area contributed by atoms with Crippen LogP contribution in [0.5, 0.6) is 0 Å². The Kier molecular flexibility index (Phi) is 4.79. The van der Waals surface area contributed by atoms with Crippen molar-refractivity contribution in [2.24, 2.45) is 0 Å². The molecule has 3 nitrogen and oxygen atoms in total. The van der Waals surface area contributed by atoms with Gasteiger partial charge in [0.1, 0.15) is 6.61 Å². The summed E-state index contributed by atoms with van der Waals surface area (Å²) >= 11 is 0. The van der Waals surface area contributed by atoms with Crippen LogP contribution in [0.3, 0.4) is 0 Å². The standard InChI is InChI=1S/C7H7F3O3/c1-2-3-13-7(12)4(8)5(11)6(9)10/h2,4,6H,1,3H2. The fourth-order valence-corrected chi connectivity index (χ4v) is 0.441. The highest BCUT2D eigenvalue weighted by molar-refractivity contribution is 6.03. The van der Waals surface area contributed by atoms with E-state index in [2.05, 4.69) is 11.3 Å². The van der Waals surface area contributed by atoms with Crippen LogP contribution < -0.4 is 0 Å². The Morgan fingerprint density at radius 1 is 1.38 bits per heavy atom. The zero-order valence-electron chi connectivity index (χ0n) is 6.50. The second-order valence-corrected chi connectivity index (χ2v) is 1.98. The van der Waals surface area contributed by atoms with Crippen molar-refractivity contribution in [1.29, 1.82) is 0 Å². The van der Waals surface area contributed by atoms with Crippen molar-refractivity contribution in [3.8, 4) is 0 Å². The summed E-state index contributed by atoms with van der Waals surface area (Å²) in [4.78, 5) is 20.6. The van der Waals surface area contributed by atoms with Crippen LogP contribution in [0.1, 0.15) is 0 Å². The van der Waals surface area contributed by atoms with E-state index < -0.39 is 24.3 Å². The molecular weight excluding hydrogens is 189 g/mol. The first-order chi connectivity index (χ1) is 6.00. The molecule has 0 aromatic carbocycles. The van der Waals surface area contributed by atoms with Gasteiger partial charge in [0.15, 0.2) is 0 Å². The highest BCUT2D eigenvalue weighted by Gasteiger charge is 2.33. The van der Waals surface area contributed by atoms with Crippen LogP contribution in [0.15, 0.2) is 12.7 Å². The summed E-state index contributed by atoms with van der Waals surface area (Å²) in [5, 5.41) is 0. The molecule has 0 aromatic heterocycles. The summed E-state index contributed by atoms with van der Waals surface area (Å²) in [5.41, 5.74) is 0. The van der Waals surface area contributed by atoms with Gasteiger partial charge >= 0.3 is 5.97 Å². The number of esters is 1. The van der Waals surface area contributed by atoms with E-state index in [9.17, 15) is 22.8 Å². The van der Waals surface area contributed by atoms with Gasteiger partial charge in [-0.1, -0.05) is 12.7 Å². The van der Waals surface area contributed by atoms with Gasteiger partial charge in [-0.2, -0.15) is 0 Å². The minimum atomic E-state index is -3.51. The molecule has 1 atom stereocenters. The predicted molar refractivity (Wildman–Crippen MR) is 37.1 cm³/mol. The quantitative estimate of drug-likeness (QED) is 0.372. The maximum atomic E-state index is 12.4. The average molecular weight is 196 g/mol. The summed E-state index contributed by atoms with van der Waals surface area (Å²) < 4.78 is 39.6. The summed E-state index contributed by atoms with van der Waals surface area (Å²) in [6.45, 7) is 2.82. The molecule has 13 heavy (non-hydrogen) atoms. The second kappa shape index (κ2) is 5.34. The molecule has 0 rings (SSSR count). The molecule has 0 radical (unpaired) electrons. The van der Waals surface area contributed by atoms with E-state index in [1.807, 2.05) is 0 Å². The third-order valence-electron chi connectivity index (χ3n) is 1.02. The van der Waals surface area contributed by atoms with Crippen LogP contribution in [-0.2, 0) is 14.3 Å². The monoisotopic (exact) mass is 196 g/mol. The highest BCUT2D eigenvalue weighted by atomic mass is 19.3. The van der Waals surface area contributed by atoms with Gasteiger partial charge in [-0.15, -0.1) is 0 Å². The molecule has 0 aliphatic heterocycles. The van der Waals surface area contributed by atoms with E-state index in [0.29, 0.717) is 0 Å². The Morgan fingerprint density at radius 2 is 1.92 bits per heavy atom. The van der Waals surface area contributed by atoms with Crippen molar-refractivity contribution in [2.75, 3.05) is 6.61 Å². The fraction of sp³-hybridized carbons (Fsp3) is 0.429. The summed E-state index contributed by atoms with van der Waals surface area (Å²) in [7, 11) is 0. The number of hydrogen-bond acceptors (Lipinski definition) is 3. The molecule has 0 spiro atoms. The predicted octanol–water partition coefficient (Wildman–Crippen LogP) is 0.888. The van der Waals surface area contributed by atoms with Crippen LogP contribution in [0.4, 0.5) is 13.2 Å². The van der Waals surface area contributed by atoms with Crippen molar-refractivity contribution >= 4 is 11.8 Å². The van der Waals surface area contributed by atoms with Crippen molar-refractivity contribution in [3.05, 3.63) is 12.7 Å². The van der Waals surface area contributed by atoms with E-state index >= 15 is 0 Å². The minimum Gasteiger partial charge on any atom is -0.459 e. The molecule has 0 aliphatic carbocycles. The molecule has 0 aromatic rings. The van der Waals surface area contributed by atoms with Crippen LogP contribution >= 0.6 is 0 Å². The molecule has 0 fully saturated rings. The maximum absolute atomic E-state index is 12.4. The second-order valence-electron chi connectivity index (χ2n) is 1.98. The Hall–Kier alpha value is -1.33.